The number of nitriles is 1. The van der Waals surface area contributed by atoms with Crippen LogP contribution in [0.2, 0.25) is 0 Å². The van der Waals surface area contributed by atoms with Crippen molar-refractivity contribution in [3.8, 4) is 6.07 Å². The highest BCUT2D eigenvalue weighted by molar-refractivity contribution is 7.85. The zero-order valence-electron chi connectivity index (χ0n) is 6.87. The van der Waals surface area contributed by atoms with E-state index in [9.17, 15) is 4.21 Å². The van der Waals surface area contributed by atoms with E-state index < -0.39 is 10.8 Å². The second-order valence-electron chi connectivity index (χ2n) is 2.20. The van der Waals surface area contributed by atoms with Gasteiger partial charge in [-0.1, -0.05) is 0 Å². The van der Waals surface area contributed by atoms with Gasteiger partial charge in [0.05, 0.1) is 6.07 Å². The average Bonchev–Trinajstić information content (AvgIpc) is 2.03. The molecule has 0 radical (unpaired) electrons. The third-order valence-corrected chi connectivity index (χ3v) is 2.86. The van der Waals surface area contributed by atoms with Crippen LogP contribution in [0.15, 0.2) is 0 Å². The summed E-state index contributed by atoms with van der Waals surface area (Å²) in [4.78, 5) is 0. The summed E-state index contributed by atoms with van der Waals surface area (Å²) in [7, 11) is 0.600. The van der Waals surface area contributed by atoms with Gasteiger partial charge in [-0.15, -0.1) is 0 Å². The highest BCUT2D eigenvalue weighted by Crippen LogP contribution is 1.96. The minimum atomic E-state index is -1.01. The van der Waals surface area contributed by atoms with Gasteiger partial charge in [-0.25, -0.2) is 0 Å². The van der Waals surface area contributed by atoms with Crippen LogP contribution in [0, 0.1) is 11.3 Å². The van der Waals surface area contributed by atoms with Gasteiger partial charge in [0.2, 0.25) is 0 Å². The van der Waals surface area contributed by atoms with E-state index in [1.54, 1.807) is 14.0 Å². The van der Waals surface area contributed by atoms with Crippen LogP contribution in [0.1, 0.15) is 13.3 Å². The largest absolute Gasteiger partial charge is 0.385 e. The summed E-state index contributed by atoms with van der Waals surface area (Å²) < 4.78 is 15.9. The zero-order chi connectivity index (χ0) is 8.69. The molecule has 0 heterocycles. The van der Waals surface area contributed by atoms with Crippen LogP contribution in [0.4, 0.5) is 0 Å². The van der Waals surface area contributed by atoms with Crippen molar-refractivity contribution in [2.75, 3.05) is 19.5 Å². The van der Waals surface area contributed by atoms with Crippen LogP contribution in [-0.4, -0.2) is 28.9 Å². The van der Waals surface area contributed by atoms with Crippen LogP contribution in [0.25, 0.3) is 0 Å². The molecule has 4 heteroatoms. The molecule has 11 heavy (non-hydrogen) atoms. The summed E-state index contributed by atoms with van der Waals surface area (Å²) in [6.07, 6.45) is 0.759. The third-order valence-electron chi connectivity index (χ3n) is 1.27. The molecule has 2 unspecified atom stereocenters. The Morgan fingerprint density at radius 2 is 2.36 bits per heavy atom. The lowest BCUT2D eigenvalue weighted by Gasteiger charge is -2.01. The van der Waals surface area contributed by atoms with Crippen molar-refractivity contribution in [3.05, 3.63) is 0 Å². The topological polar surface area (TPSA) is 50.1 Å². The lowest BCUT2D eigenvalue weighted by atomic mass is 10.5. The van der Waals surface area contributed by atoms with Crippen LogP contribution in [0.5, 0.6) is 0 Å². The summed E-state index contributed by atoms with van der Waals surface area (Å²) in [6, 6.07) is 1.95. The predicted molar refractivity (Wildman–Crippen MR) is 44.6 cm³/mol. The van der Waals surface area contributed by atoms with Crippen molar-refractivity contribution in [3.63, 3.8) is 0 Å². The van der Waals surface area contributed by atoms with Gasteiger partial charge in [-0.3, -0.25) is 4.21 Å². The first-order valence-electron chi connectivity index (χ1n) is 3.48. The van der Waals surface area contributed by atoms with E-state index in [1.165, 1.54) is 0 Å². The Bertz CT molecular complexity index is 164. The molecule has 0 rings (SSSR count). The highest BCUT2D eigenvalue weighted by atomic mass is 32.2. The maximum absolute atomic E-state index is 11.1. The van der Waals surface area contributed by atoms with E-state index in [0.29, 0.717) is 12.4 Å². The number of hydrogen-bond donors (Lipinski definition) is 0. The first-order valence-corrected chi connectivity index (χ1v) is 4.86. The Labute approximate surface area is 69.8 Å². The van der Waals surface area contributed by atoms with Gasteiger partial charge < -0.3 is 4.74 Å². The Hall–Kier alpha value is -0.400. The molecule has 0 aliphatic heterocycles. The molecule has 0 aromatic heterocycles. The van der Waals surface area contributed by atoms with E-state index >= 15 is 0 Å². The number of hydrogen-bond acceptors (Lipinski definition) is 3. The lowest BCUT2D eigenvalue weighted by Crippen LogP contribution is -2.12. The molecule has 0 bridgehead atoms. The molecule has 2 atom stereocenters. The van der Waals surface area contributed by atoms with Crippen molar-refractivity contribution < 1.29 is 8.95 Å². The molecule has 0 saturated carbocycles. The van der Waals surface area contributed by atoms with Gasteiger partial charge in [-0.2, -0.15) is 5.26 Å². The van der Waals surface area contributed by atoms with Crippen LogP contribution < -0.4 is 0 Å². The van der Waals surface area contributed by atoms with E-state index in [-0.39, 0.29) is 5.25 Å². The summed E-state index contributed by atoms with van der Waals surface area (Å²) in [5.74, 6) is 0.558. The Kier molecular flexibility index (Phi) is 6.09. The van der Waals surface area contributed by atoms with E-state index in [1.807, 2.05) is 6.07 Å². The molecule has 0 aliphatic carbocycles. The standard InChI is InChI=1S/C7H13NO2S/c1-7(6-8)11(9)5-3-4-10-2/h7H,3-5H2,1-2H3. The number of ether oxygens (including phenoxy) is 1. The van der Waals surface area contributed by atoms with E-state index in [4.69, 9.17) is 10.00 Å². The molecule has 0 saturated heterocycles. The second kappa shape index (κ2) is 6.32. The van der Waals surface area contributed by atoms with Crippen molar-refractivity contribution in [2.24, 2.45) is 0 Å². The molecule has 0 amide bonds. The van der Waals surface area contributed by atoms with Crippen LogP contribution >= 0.6 is 0 Å². The fourth-order valence-electron chi connectivity index (χ4n) is 0.581. The maximum atomic E-state index is 11.1. The lowest BCUT2D eigenvalue weighted by molar-refractivity contribution is 0.200. The highest BCUT2D eigenvalue weighted by Gasteiger charge is 2.07. The molecule has 0 N–H and O–H groups in total. The molecule has 0 aliphatic rings. The summed E-state index contributed by atoms with van der Waals surface area (Å²) in [5.41, 5.74) is 0. The fourth-order valence-corrected chi connectivity index (χ4v) is 1.45. The van der Waals surface area contributed by atoms with E-state index in [2.05, 4.69) is 0 Å². The smallest absolute Gasteiger partial charge is 0.119 e. The molecule has 3 nitrogen and oxygen atoms in total. The minimum Gasteiger partial charge on any atom is -0.385 e. The Morgan fingerprint density at radius 1 is 1.73 bits per heavy atom. The Balaban J connectivity index is 3.46. The Morgan fingerprint density at radius 3 is 2.82 bits per heavy atom. The van der Waals surface area contributed by atoms with E-state index in [0.717, 1.165) is 6.42 Å². The van der Waals surface area contributed by atoms with Crippen molar-refractivity contribution >= 4 is 10.8 Å². The molecular formula is C7H13NO2S. The fraction of sp³-hybridized carbons (Fsp3) is 0.857. The zero-order valence-corrected chi connectivity index (χ0v) is 7.69. The van der Waals surface area contributed by atoms with Gasteiger partial charge in [-0.05, 0) is 13.3 Å². The number of methoxy groups -OCH3 is 1. The van der Waals surface area contributed by atoms with Gasteiger partial charge in [0, 0.05) is 30.3 Å². The average molecular weight is 175 g/mol. The number of rotatable bonds is 5. The molecule has 0 fully saturated rings. The summed E-state index contributed by atoms with van der Waals surface area (Å²) in [5, 5.41) is 8.03. The quantitative estimate of drug-likeness (QED) is 0.577. The first kappa shape index (κ1) is 10.6. The monoisotopic (exact) mass is 175 g/mol. The predicted octanol–water partition coefficient (Wildman–Crippen LogP) is 0.684. The molecule has 0 aromatic rings. The molecular weight excluding hydrogens is 162 g/mol. The second-order valence-corrected chi connectivity index (χ2v) is 4.08. The van der Waals surface area contributed by atoms with Crippen LogP contribution in [0.3, 0.4) is 0 Å². The third kappa shape index (κ3) is 4.93. The molecule has 0 spiro atoms. The van der Waals surface area contributed by atoms with Crippen molar-refractivity contribution in [1.82, 2.24) is 0 Å². The normalized spacial score (nSPS) is 15.4. The number of nitrogens with zero attached hydrogens (tertiary/aromatic N) is 1. The van der Waals surface area contributed by atoms with Crippen LogP contribution in [-0.2, 0) is 15.5 Å². The van der Waals surface area contributed by atoms with Crippen molar-refractivity contribution in [2.45, 2.75) is 18.6 Å². The van der Waals surface area contributed by atoms with Gasteiger partial charge in [0.15, 0.2) is 0 Å². The maximum Gasteiger partial charge on any atom is 0.119 e. The molecule has 0 aromatic carbocycles. The van der Waals surface area contributed by atoms with Crippen molar-refractivity contribution in [1.29, 1.82) is 5.26 Å². The first-order chi connectivity index (χ1) is 5.22. The SMILES string of the molecule is COCCCS(=O)C(C)C#N. The summed E-state index contributed by atoms with van der Waals surface area (Å²) >= 11 is 0. The van der Waals surface area contributed by atoms with Gasteiger partial charge >= 0.3 is 0 Å². The summed E-state index contributed by atoms with van der Waals surface area (Å²) in [6.45, 7) is 2.28. The molecule has 64 valence electrons. The van der Waals surface area contributed by atoms with Gasteiger partial charge in [0.25, 0.3) is 0 Å². The minimum absolute atomic E-state index is 0.355. The van der Waals surface area contributed by atoms with Gasteiger partial charge in [0.1, 0.15) is 5.25 Å².